The zero-order valence-electron chi connectivity index (χ0n) is 8.16. The predicted molar refractivity (Wildman–Crippen MR) is 64.0 cm³/mol. The van der Waals surface area contributed by atoms with Crippen LogP contribution >= 0.6 is 24.0 Å². The minimum Gasteiger partial charge on any atom is -0.506 e. The molecule has 5 heteroatoms. The van der Waals surface area contributed by atoms with E-state index < -0.39 is 0 Å². The van der Waals surface area contributed by atoms with E-state index in [4.69, 9.17) is 11.6 Å². The van der Waals surface area contributed by atoms with Crippen LogP contribution in [-0.4, -0.2) is 24.7 Å². The van der Waals surface area contributed by atoms with Crippen molar-refractivity contribution < 1.29 is 5.11 Å². The van der Waals surface area contributed by atoms with Crippen molar-refractivity contribution in [2.75, 3.05) is 19.6 Å². The summed E-state index contributed by atoms with van der Waals surface area (Å²) in [5, 5.41) is 16.4. The summed E-state index contributed by atoms with van der Waals surface area (Å²) in [5.41, 5.74) is 1.11. The highest BCUT2D eigenvalue weighted by Gasteiger charge is 2.14. The molecule has 0 spiro atoms. The fourth-order valence-corrected chi connectivity index (χ4v) is 1.82. The zero-order valence-corrected chi connectivity index (χ0v) is 9.74. The smallest absolute Gasteiger partial charge is 0.134 e. The van der Waals surface area contributed by atoms with Gasteiger partial charge in [0.25, 0.3) is 0 Å². The molecule has 1 aromatic rings. The van der Waals surface area contributed by atoms with Crippen molar-refractivity contribution in [3.05, 3.63) is 28.8 Å². The minimum absolute atomic E-state index is 0. The Morgan fingerprint density at radius 2 is 2.13 bits per heavy atom. The number of aromatic hydroxyl groups is 1. The summed E-state index contributed by atoms with van der Waals surface area (Å²) in [4.78, 5) is 0. The third kappa shape index (κ3) is 2.98. The SMILES string of the molecule is Cl.Oc1ccc([C@H]2CNCCN2)cc1Cl. The van der Waals surface area contributed by atoms with Crippen LogP contribution in [0, 0.1) is 0 Å². The number of hydrogen-bond acceptors (Lipinski definition) is 3. The first-order chi connectivity index (χ1) is 6.77. The van der Waals surface area contributed by atoms with Gasteiger partial charge in [0.2, 0.25) is 0 Å². The maximum atomic E-state index is 9.27. The van der Waals surface area contributed by atoms with Gasteiger partial charge in [0.1, 0.15) is 5.75 Å². The molecule has 1 saturated heterocycles. The summed E-state index contributed by atoms with van der Waals surface area (Å²) in [6.45, 7) is 2.87. The van der Waals surface area contributed by atoms with Crippen LogP contribution in [0.4, 0.5) is 0 Å². The van der Waals surface area contributed by atoms with Gasteiger partial charge in [-0.1, -0.05) is 17.7 Å². The van der Waals surface area contributed by atoms with Gasteiger partial charge in [-0.05, 0) is 17.7 Å². The molecule has 1 aliphatic heterocycles. The molecule has 0 aliphatic carbocycles. The fourth-order valence-electron chi connectivity index (χ4n) is 1.63. The molecule has 0 bridgehead atoms. The van der Waals surface area contributed by atoms with Gasteiger partial charge in [-0.2, -0.15) is 0 Å². The second-order valence-electron chi connectivity index (χ2n) is 3.42. The van der Waals surface area contributed by atoms with Crippen molar-refractivity contribution in [2.45, 2.75) is 6.04 Å². The Bertz CT molecular complexity index is 327. The van der Waals surface area contributed by atoms with E-state index in [1.807, 2.05) is 12.1 Å². The fraction of sp³-hybridized carbons (Fsp3) is 0.400. The van der Waals surface area contributed by atoms with E-state index in [1.54, 1.807) is 6.07 Å². The Hall–Kier alpha value is -0.480. The molecule has 1 aliphatic rings. The van der Waals surface area contributed by atoms with E-state index in [0.29, 0.717) is 11.1 Å². The van der Waals surface area contributed by atoms with Gasteiger partial charge >= 0.3 is 0 Å². The molecule has 1 heterocycles. The first-order valence-corrected chi connectivity index (χ1v) is 5.07. The highest BCUT2D eigenvalue weighted by molar-refractivity contribution is 6.32. The number of piperazine rings is 1. The third-order valence-electron chi connectivity index (χ3n) is 2.42. The Labute approximate surface area is 100 Å². The second-order valence-corrected chi connectivity index (χ2v) is 3.83. The summed E-state index contributed by atoms with van der Waals surface area (Å²) in [6, 6.07) is 5.63. The molecule has 0 aromatic heterocycles. The van der Waals surface area contributed by atoms with Crippen molar-refractivity contribution in [3.63, 3.8) is 0 Å². The predicted octanol–water partition coefficient (Wildman–Crippen LogP) is 1.70. The van der Waals surface area contributed by atoms with E-state index in [2.05, 4.69) is 10.6 Å². The standard InChI is InChI=1S/C10H13ClN2O.ClH/c11-8-5-7(1-2-10(8)14)9-6-12-3-4-13-9;/h1-2,5,9,12-14H,3-4,6H2;1H/t9-;/m1./s1. The average Bonchev–Trinajstić information content (AvgIpc) is 2.23. The lowest BCUT2D eigenvalue weighted by Crippen LogP contribution is -2.42. The third-order valence-corrected chi connectivity index (χ3v) is 2.72. The lowest BCUT2D eigenvalue weighted by atomic mass is 10.1. The molecule has 3 nitrogen and oxygen atoms in total. The van der Waals surface area contributed by atoms with Crippen molar-refractivity contribution in [1.82, 2.24) is 10.6 Å². The molecule has 0 saturated carbocycles. The number of nitrogens with one attached hydrogen (secondary N) is 2. The van der Waals surface area contributed by atoms with E-state index in [1.165, 1.54) is 0 Å². The Morgan fingerprint density at radius 3 is 2.73 bits per heavy atom. The molecule has 84 valence electrons. The van der Waals surface area contributed by atoms with Crippen LogP contribution in [-0.2, 0) is 0 Å². The molecule has 0 amide bonds. The number of benzene rings is 1. The number of halogens is 2. The quantitative estimate of drug-likeness (QED) is 0.709. The lowest BCUT2D eigenvalue weighted by molar-refractivity contribution is 0.429. The zero-order chi connectivity index (χ0) is 9.97. The molecule has 1 atom stereocenters. The van der Waals surface area contributed by atoms with Crippen LogP contribution < -0.4 is 10.6 Å². The molecule has 0 radical (unpaired) electrons. The molecule has 1 fully saturated rings. The van der Waals surface area contributed by atoms with Crippen molar-refractivity contribution in [3.8, 4) is 5.75 Å². The first-order valence-electron chi connectivity index (χ1n) is 4.70. The number of phenolic OH excluding ortho intramolecular Hbond substituents is 1. The van der Waals surface area contributed by atoms with Gasteiger partial charge in [-0.15, -0.1) is 12.4 Å². The molecule has 3 N–H and O–H groups in total. The van der Waals surface area contributed by atoms with Gasteiger partial charge in [0.15, 0.2) is 0 Å². The minimum atomic E-state index is 0. The number of rotatable bonds is 1. The maximum Gasteiger partial charge on any atom is 0.134 e. The van der Waals surface area contributed by atoms with Crippen LogP contribution in [0.2, 0.25) is 5.02 Å². The summed E-state index contributed by atoms with van der Waals surface area (Å²) in [6.07, 6.45) is 0. The van der Waals surface area contributed by atoms with Crippen molar-refractivity contribution in [1.29, 1.82) is 0 Å². The largest absolute Gasteiger partial charge is 0.506 e. The molecular formula is C10H14Cl2N2O. The monoisotopic (exact) mass is 248 g/mol. The summed E-state index contributed by atoms with van der Waals surface area (Å²) in [5.74, 6) is 0.138. The average molecular weight is 249 g/mol. The molecular weight excluding hydrogens is 235 g/mol. The first kappa shape index (κ1) is 12.6. The summed E-state index contributed by atoms with van der Waals surface area (Å²) < 4.78 is 0. The Kier molecular flexibility index (Phi) is 4.67. The Morgan fingerprint density at radius 1 is 1.33 bits per heavy atom. The summed E-state index contributed by atoms with van der Waals surface area (Å²) >= 11 is 5.83. The van der Waals surface area contributed by atoms with Crippen molar-refractivity contribution in [2.24, 2.45) is 0 Å². The van der Waals surface area contributed by atoms with Crippen LogP contribution in [0.25, 0.3) is 0 Å². The second kappa shape index (κ2) is 5.56. The molecule has 0 unspecified atom stereocenters. The van der Waals surface area contributed by atoms with E-state index in [9.17, 15) is 5.11 Å². The highest BCUT2D eigenvalue weighted by atomic mass is 35.5. The Balaban J connectivity index is 0.00000112. The molecule has 1 aromatic carbocycles. The van der Waals surface area contributed by atoms with Crippen molar-refractivity contribution >= 4 is 24.0 Å². The van der Waals surface area contributed by atoms with E-state index in [0.717, 1.165) is 25.2 Å². The van der Waals surface area contributed by atoms with Crippen LogP contribution in [0.3, 0.4) is 0 Å². The molecule has 2 rings (SSSR count). The van der Waals surface area contributed by atoms with Gasteiger partial charge in [0.05, 0.1) is 5.02 Å². The van der Waals surface area contributed by atoms with Gasteiger partial charge in [-0.3, -0.25) is 0 Å². The van der Waals surface area contributed by atoms with Gasteiger partial charge in [-0.25, -0.2) is 0 Å². The van der Waals surface area contributed by atoms with Gasteiger partial charge in [0, 0.05) is 25.7 Å². The van der Waals surface area contributed by atoms with Gasteiger partial charge < -0.3 is 15.7 Å². The summed E-state index contributed by atoms with van der Waals surface area (Å²) in [7, 11) is 0. The number of phenols is 1. The van der Waals surface area contributed by atoms with Crippen LogP contribution in [0.15, 0.2) is 18.2 Å². The highest BCUT2D eigenvalue weighted by Crippen LogP contribution is 2.26. The topological polar surface area (TPSA) is 44.3 Å². The van der Waals surface area contributed by atoms with E-state index >= 15 is 0 Å². The van der Waals surface area contributed by atoms with Crippen LogP contribution in [0.1, 0.15) is 11.6 Å². The normalized spacial score (nSPS) is 20.7. The molecule has 15 heavy (non-hydrogen) atoms. The number of hydrogen-bond donors (Lipinski definition) is 3. The lowest BCUT2D eigenvalue weighted by Gasteiger charge is -2.25. The maximum absolute atomic E-state index is 9.27. The van der Waals surface area contributed by atoms with Crippen LogP contribution in [0.5, 0.6) is 5.75 Å². The van der Waals surface area contributed by atoms with E-state index in [-0.39, 0.29) is 18.2 Å².